The second kappa shape index (κ2) is 6.87. The van der Waals surface area contributed by atoms with Gasteiger partial charge in [-0.3, -0.25) is 0 Å². The smallest absolute Gasteiger partial charge is 0.241 e. The predicted molar refractivity (Wildman–Crippen MR) is 84.8 cm³/mol. The Kier molecular flexibility index (Phi) is 5.37. The number of rotatable bonds is 5. The van der Waals surface area contributed by atoms with Crippen molar-refractivity contribution in [1.29, 1.82) is 0 Å². The lowest BCUT2D eigenvalue weighted by molar-refractivity contribution is 0.242. The van der Waals surface area contributed by atoms with Crippen LogP contribution in [0.5, 0.6) is 0 Å². The van der Waals surface area contributed by atoms with E-state index >= 15 is 0 Å². The maximum absolute atomic E-state index is 12.6. The largest absolute Gasteiger partial charge is 0.316 e. The maximum atomic E-state index is 12.6. The minimum Gasteiger partial charge on any atom is -0.316 e. The van der Waals surface area contributed by atoms with Crippen LogP contribution in [0.25, 0.3) is 0 Å². The molecule has 0 saturated carbocycles. The number of benzene rings is 1. The molecular formula is C15H25N3O2S. The molecule has 0 aliphatic carbocycles. The monoisotopic (exact) mass is 311 g/mol. The van der Waals surface area contributed by atoms with Gasteiger partial charge in [-0.25, -0.2) is 13.1 Å². The third-order valence-electron chi connectivity index (χ3n) is 3.87. The summed E-state index contributed by atoms with van der Waals surface area (Å²) in [6.45, 7) is 4.31. The number of likely N-dealkylation sites (N-methyl/N-ethyl adjacent to an activating group) is 1. The minimum atomic E-state index is -3.46. The molecule has 1 atom stereocenters. The quantitative estimate of drug-likeness (QED) is 0.854. The molecule has 5 nitrogen and oxygen atoms in total. The summed E-state index contributed by atoms with van der Waals surface area (Å²) < 4.78 is 28.1. The van der Waals surface area contributed by atoms with Crippen molar-refractivity contribution >= 4 is 10.0 Å². The zero-order valence-electron chi connectivity index (χ0n) is 13.0. The van der Waals surface area contributed by atoms with Crippen molar-refractivity contribution in [3.8, 4) is 0 Å². The van der Waals surface area contributed by atoms with Gasteiger partial charge in [0.1, 0.15) is 0 Å². The molecule has 1 unspecified atom stereocenters. The van der Waals surface area contributed by atoms with Gasteiger partial charge in [0.25, 0.3) is 0 Å². The first-order valence-corrected chi connectivity index (χ1v) is 8.85. The Labute approximate surface area is 127 Å². The topological polar surface area (TPSA) is 61.4 Å². The van der Waals surface area contributed by atoms with E-state index in [9.17, 15) is 8.42 Å². The zero-order valence-corrected chi connectivity index (χ0v) is 13.8. The van der Waals surface area contributed by atoms with Crippen molar-refractivity contribution in [2.24, 2.45) is 0 Å². The van der Waals surface area contributed by atoms with E-state index in [0.717, 1.165) is 37.1 Å². The fourth-order valence-electron chi connectivity index (χ4n) is 2.79. The second-order valence-corrected chi connectivity index (χ2v) is 7.54. The van der Waals surface area contributed by atoms with Gasteiger partial charge in [-0.05, 0) is 57.6 Å². The predicted octanol–water partition coefficient (Wildman–Crippen LogP) is 1.09. The molecule has 0 aromatic heterocycles. The standard InChI is InChI=1S/C15H25N3O2S/c1-12-6-7-13(10-16-2)9-15(12)21(19,20)17-14-5-4-8-18(3)11-14/h6-7,9,14,16-17H,4-5,8,10-11H2,1-3H3. The molecule has 1 aromatic rings. The lowest BCUT2D eigenvalue weighted by Gasteiger charge is -2.30. The minimum absolute atomic E-state index is 0.00102. The van der Waals surface area contributed by atoms with Gasteiger partial charge < -0.3 is 10.2 Å². The summed E-state index contributed by atoms with van der Waals surface area (Å²) in [6.07, 6.45) is 1.93. The van der Waals surface area contributed by atoms with Gasteiger partial charge in [-0.1, -0.05) is 12.1 Å². The van der Waals surface area contributed by atoms with Crippen molar-refractivity contribution in [1.82, 2.24) is 14.9 Å². The Morgan fingerprint density at radius 1 is 1.38 bits per heavy atom. The van der Waals surface area contributed by atoms with Crippen LogP contribution >= 0.6 is 0 Å². The Morgan fingerprint density at radius 3 is 2.81 bits per heavy atom. The second-order valence-electron chi connectivity index (χ2n) is 5.85. The molecular weight excluding hydrogens is 286 g/mol. The highest BCUT2D eigenvalue weighted by Gasteiger charge is 2.25. The van der Waals surface area contributed by atoms with Gasteiger partial charge in [0, 0.05) is 19.1 Å². The average molecular weight is 311 g/mol. The van der Waals surface area contributed by atoms with Gasteiger partial charge in [0.2, 0.25) is 10.0 Å². The first-order chi connectivity index (χ1) is 9.92. The van der Waals surface area contributed by atoms with E-state index in [0.29, 0.717) is 11.4 Å². The van der Waals surface area contributed by atoms with Crippen molar-refractivity contribution in [2.75, 3.05) is 27.2 Å². The number of nitrogens with one attached hydrogen (secondary N) is 2. The van der Waals surface area contributed by atoms with E-state index in [1.165, 1.54) is 0 Å². The summed E-state index contributed by atoms with van der Waals surface area (Å²) in [5.41, 5.74) is 1.76. The highest BCUT2D eigenvalue weighted by atomic mass is 32.2. The number of likely N-dealkylation sites (tertiary alicyclic amines) is 1. The molecule has 1 aliphatic heterocycles. The van der Waals surface area contributed by atoms with Crippen molar-refractivity contribution in [2.45, 2.75) is 37.2 Å². The van der Waals surface area contributed by atoms with Crippen molar-refractivity contribution in [3.05, 3.63) is 29.3 Å². The molecule has 1 aliphatic rings. The summed E-state index contributed by atoms with van der Waals surface area (Å²) in [7, 11) is 0.419. The fraction of sp³-hybridized carbons (Fsp3) is 0.600. The molecule has 2 rings (SSSR count). The van der Waals surface area contributed by atoms with E-state index in [2.05, 4.69) is 14.9 Å². The highest BCUT2D eigenvalue weighted by molar-refractivity contribution is 7.89. The molecule has 0 amide bonds. The van der Waals surface area contributed by atoms with E-state index in [-0.39, 0.29) is 6.04 Å². The van der Waals surface area contributed by atoms with E-state index in [4.69, 9.17) is 0 Å². The lowest BCUT2D eigenvalue weighted by Crippen LogP contribution is -2.46. The molecule has 0 radical (unpaired) electrons. The van der Waals surface area contributed by atoms with Gasteiger partial charge in [-0.15, -0.1) is 0 Å². The molecule has 6 heteroatoms. The SMILES string of the molecule is CNCc1ccc(C)c(S(=O)(=O)NC2CCCN(C)C2)c1. The molecule has 2 N–H and O–H groups in total. The van der Waals surface area contributed by atoms with Crippen LogP contribution in [0.1, 0.15) is 24.0 Å². The molecule has 0 bridgehead atoms. The first kappa shape index (κ1) is 16.4. The molecule has 1 heterocycles. The van der Waals surface area contributed by atoms with E-state index < -0.39 is 10.0 Å². The Hall–Kier alpha value is -0.950. The van der Waals surface area contributed by atoms with Crippen LogP contribution in [-0.4, -0.2) is 46.5 Å². The summed E-state index contributed by atoms with van der Waals surface area (Å²) in [5.74, 6) is 0. The number of piperidine rings is 1. The Bertz CT molecular complexity index is 587. The van der Waals surface area contributed by atoms with Gasteiger partial charge >= 0.3 is 0 Å². The fourth-order valence-corrected chi connectivity index (χ4v) is 4.35. The van der Waals surface area contributed by atoms with Crippen LogP contribution in [0.15, 0.2) is 23.1 Å². The third kappa shape index (κ3) is 4.26. The van der Waals surface area contributed by atoms with Crippen LogP contribution in [0, 0.1) is 6.92 Å². The van der Waals surface area contributed by atoms with Crippen LogP contribution < -0.4 is 10.0 Å². The van der Waals surface area contributed by atoms with E-state index in [1.807, 2.05) is 33.2 Å². The Balaban J connectivity index is 2.20. The summed E-state index contributed by atoms with van der Waals surface area (Å²) >= 11 is 0. The molecule has 118 valence electrons. The number of nitrogens with zero attached hydrogens (tertiary/aromatic N) is 1. The average Bonchev–Trinajstić information content (AvgIpc) is 2.40. The van der Waals surface area contributed by atoms with Crippen molar-refractivity contribution < 1.29 is 8.42 Å². The summed E-state index contributed by atoms with van der Waals surface area (Å²) in [6, 6.07) is 5.59. The summed E-state index contributed by atoms with van der Waals surface area (Å²) in [4.78, 5) is 2.56. The molecule has 1 fully saturated rings. The Morgan fingerprint density at radius 2 is 2.14 bits per heavy atom. The zero-order chi connectivity index (χ0) is 15.5. The van der Waals surface area contributed by atoms with Crippen LogP contribution in [-0.2, 0) is 16.6 Å². The molecule has 1 saturated heterocycles. The number of hydrogen-bond acceptors (Lipinski definition) is 4. The lowest BCUT2D eigenvalue weighted by atomic mass is 10.1. The molecule has 21 heavy (non-hydrogen) atoms. The molecule has 1 aromatic carbocycles. The molecule has 0 spiro atoms. The van der Waals surface area contributed by atoms with Crippen LogP contribution in [0.4, 0.5) is 0 Å². The van der Waals surface area contributed by atoms with Gasteiger partial charge in [-0.2, -0.15) is 0 Å². The van der Waals surface area contributed by atoms with Gasteiger partial charge in [0.15, 0.2) is 0 Å². The van der Waals surface area contributed by atoms with E-state index in [1.54, 1.807) is 6.07 Å². The number of hydrogen-bond donors (Lipinski definition) is 2. The third-order valence-corrected chi connectivity index (χ3v) is 5.53. The maximum Gasteiger partial charge on any atom is 0.241 e. The highest BCUT2D eigenvalue weighted by Crippen LogP contribution is 2.19. The van der Waals surface area contributed by atoms with Crippen LogP contribution in [0.2, 0.25) is 0 Å². The normalized spacial score (nSPS) is 20.6. The van der Waals surface area contributed by atoms with Crippen LogP contribution in [0.3, 0.4) is 0 Å². The first-order valence-electron chi connectivity index (χ1n) is 7.37. The van der Waals surface area contributed by atoms with Gasteiger partial charge in [0.05, 0.1) is 4.90 Å². The number of aryl methyl sites for hydroxylation is 1. The van der Waals surface area contributed by atoms with Crippen molar-refractivity contribution in [3.63, 3.8) is 0 Å². The number of sulfonamides is 1. The summed E-state index contributed by atoms with van der Waals surface area (Å²) in [5, 5.41) is 3.05.